The van der Waals surface area contributed by atoms with Gasteiger partial charge >= 0.3 is 0 Å². The molecule has 0 aromatic carbocycles. The number of dihydropyridines is 1. The van der Waals surface area contributed by atoms with E-state index in [0.29, 0.717) is 0 Å². The third kappa shape index (κ3) is 3.00. The molecule has 0 saturated carbocycles. The fraction of sp³-hybridized carbons (Fsp3) is 0.200. The van der Waals surface area contributed by atoms with Crippen molar-refractivity contribution in [2.24, 2.45) is 0 Å². The normalized spacial score (nSPS) is 19.9. The van der Waals surface area contributed by atoms with Crippen LogP contribution in [0.25, 0.3) is 6.08 Å². The van der Waals surface area contributed by atoms with Gasteiger partial charge in [-0.1, -0.05) is 30.4 Å². The van der Waals surface area contributed by atoms with E-state index in [-0.39, 0.29) is 6.04 Å². The highest BCUT2D eigenvalue weighted by atomic mass is 14.9. The van der Waals surface area contributed by atoms with Crippen molar-refractivity contribution in [2.45, 2.75) is 19.9 Å². The number of allylic oxidation sites excluding steroid dienone is 5. The quantitative estimate of drug-likeness (QED) is 0.755. The first-order chi connectivity index (χ1) is 8.29. The van der Waals surface area contributed by atoms with Gasteiger partial charge < -0.3 is 10.3 Å². The van der Waals surface area contributed by atoms with Crippen molar-refractivity contribution in [3.8, 4) is 0 Å². The number of aromatic amines is 1. The minimum atomic E-state index is 0.277. The van der Waals surface area contributed by atoms with E-state index in [0.717, 1.165) is 5.69 Å². The van der Waals surface area contributed by atoms with E-state index in [4.69, 9.17) is 0 Å². The van der Waals surface area contributed by atoms with Crippen LogP contribution < -0.4 is 5.32 Å². The maximum atomic E-state index is 3.36. The number of hydrogen-bond donors (Lipinski definition) is 2. The highest BCUT2D eigenvalue weighted by Gasteiger charge is 2.09. The van der Waals surface area contributed by atoms with Gasteiger partial charge in [-0.05, 0) is 37.1 Å². The predicted molar refractivity (Wildman–Crippen MR) is 73.4 cm³/mol. The van der Waals surface area contributed by atoms with E-state index in [9.17, 15) is 0 Å². The fourth-order valence-electron chi connectivity index (χ4n) is 1.76. The van der Waals surface area contributed by atoms with Gasteiger partial charge in [0.2, 0.25) is 0 Å². The standard InChI is InChI=1S/C15H18N2/c1-3-4-5-6-14-9-13(11-16-14)15-8-7-12(2)10-17-15/h3-11,15-17H,1-2H3/b4-3-,6-5-. The Kier molecular flexibility index (Phi) is 3.66. The van der Waals surface area contributed by atoms with E-state index < -0.39 is 0 Å². The minimum absolute atomic E-state index is 0.277. The van der Waals surface area contributed by atoms with Crippen molar-refractivity contribution in [3.05, 3.63) is 65.7 Å². The summed E-state index contributed by atoms with van der Waals surface area (Å²) in [6, 6.07) is 2.44. The summed E-state index contributed by atoms with van der Waals surface area (Å²) in [4.78, 5) is 3.26. The number of nitrogens with one attached hydrogen (secondary N) is 2. The number of hydrogen-bond acceptors (Lipinski definition) is 1. The molecule has 0 aliphatic carbocycles. The topological polar surface area (TPSA) is 27.8 Å². The third-order valence-electron chi connectivity index (χ3n) is 2.71. The van der Waals surface area contributed by atoms with E-state index in [1.807, 2.05) is 37.5 Å². The van der Waals surface area contributed by atoms with Crippen molar-refractivity contribution in [1.82, 2.24) is 10.3 Å². The lowest BCUT2D eigenvalue weighted by Crippen LogP contribution is -2.15. The molecule has 0 fully saturated rings. The Morgan fingerprint density at radius 3 is 2.88 bits per heavy atom. The average Bonchev–Trinajstić information content (AvgIpc) is 2.79. The van der Waals surface area contributed by atoms with E-state index >= 15 is 0 Å². The van der Waals surface area contributed by atoms with Gasteiger partial charge in [-0.3, -0.25) is 0 Å². The van der Waals surface area contributed by atoms with Crippen LogP contribution in [0.3, 0.4) is 0 Å². The van der Waals surface area contributed by atoms with Gasteiger partial charge in [0, 0.05) is 18.1 Å². The fourth-order valence-corrected chi connectivity index (χ4v) is 1.76. The average molecular weight is 226 g/mol. The van der Waals surface area contributed by atoms with Gasteiger partial charge in [0.15, 0.2) is 0 Å². The van der Waals surface area contributed by atoms with Crippen LogP contribution in [-0.2, 0) is 0 Å². The van der Waals surface area contributed by atoms with Crippen molar-refractivity contribution in [1.29, 1.82) is 0 Å². The highest BCUT2D eigenvalue weighted by molar-refractivity contribution is 5.49. The van der Waals surface area contributed by atoms with Crippen molar-refractivity contribution < 1.29 is 0 Å². The van der Waals surface area contributed by atoms with Gasteiger partial charge in [-0.25, -0.2) is 0 Å². The molecule has 2 N–H and O–H groups in total. The Morgan fingerprint density at radius 2 is 2.18 bits per heavy atom. The predicted octanol–water partition coefficient (Wildman–Crippen LogP) is 3.71. The summed E-state index contributed by atoms with van der Waals surface area (Å²) in [7, 11) is 0. The number of rotatable bonds is 3. The molecule has 2 heterocycles. The summed E-state index contributed by atoms with van der Waals surface area (Å²) in [6.07, 6.45) is 16.5. The Labute approximate surface area is 102 Å². The number of H-pyrrole nitrogens is 1. The van der Waals surface area contributed by atoms with E-state index in [1.54, 1.807) is 0 Å². The highest BCUT2D eigenvalue weighted by Crippen LogP contribution is 2.20. The summed E-state index contributed by atoms with van der Waals surface area (Å²) in [5.41, 5.74) is 3.63. The van der Waals surface area contributed by atoms with Gasteiger partial charge in [-0.15, -0.1) is 0 Å². The van der Waals surface area contributed by atoms with Gasteiger partial charge in [-0.2, -0.15) is 0 Å². The van der Waals surface area contributed by atoms with Crippen LogP contribution >= 0.6 is 0 Å². The van der Waals surface area contributed by atoms with Crippen LogP contribution in [-0.4, -0.2) is 4.98 Å². The molecule has 0 radical (unpaired) electrons. The molecule has 1 atom stereocenters. The summed E-state index contributed by atoms with van der Waals surface area (Å²) in [6.45, 7) is 4.10. The molecule has 0 saturated heterocycles. The Bertz CT molecular complexity index is 487. The second-order valence-electron chi connectivity index (χ2n) is 4.17. The lowest BCUT2D eigenvalue weighted by molar-refractivity contribution is 0.740. The molecule has 17 heavy (non-hydrogen) atoms. The van der Waals surface area contributed by atoms with Crippen molar-refractivity contribution in [2.75, 3.05) is 0 Å². The second-order valence-corrected chi connectivity index (χ2v) is 4.17. The first-order valence-electron chi connectivity index (χ1n) is 5.88. The van der Waals surface area contributed by atoms with Gasteiger partial charge in [0.1, 0.15) is 0 Å². The number of aromatic nitrogens is 1. The zero-order chi connectivity index (χ0) is 12.1. The maximum Gasteiger partial charge on any atom is 0.0710 e. The van der Waals surface area contributed by atoms with Crippen molar-refractivity contribution >= 4 is 6.08 Å². The molecule has 1 aromatic rings. The molecule has 0 amide bonds. The van der Waals surface area contributed by atoms with Crippen LogP contribution in [0.1, 0.15) is 31.1 Å². The van der Waals surface area contributed by atoms with Crippen LogP contribution in [0.4, 0.5) is 0 Å². The first kappa shape index (κ1) is 11.5. The molecule has 2 rings (SSSR count). The summed E-state index contributed by atoms with van der Waals surface area (Å²) < 4.78 is 0. The largest absolute Gasteiger partial charge is 0.380 e. The smallest absolute Gasteiger partial charge is 0.0710 e. The minimum Gasteiger partial charge on any atom is -0.380 e. The molecule has 1 aliphatic rings. The van der Waals surface area contributed by atoms with Gasteiger partial charge in [0.25, 0.3) is 0 Å². The van der Waals surface area contributed by atoms with E-state index in [2.05, 4.69) is 41.5 Å². The monoisotopic (exact) mass is 226 g/mol. The molecule has 88 valence electrons. The maximum absolute atomic E-state index is 3.36. The van der Waals surface area contributed by atoms with Crippen LogP contribution in [0.5, 0.6) is 0 Å². The summed E-state index contributed by atoms with van der Waals surface area (Å²) in [5.74, 6) is 0. The van der Waals surface area contributed by atoms with Crippen LogP contribution in [0, 0.1) is 0 Å². The molecular formula is C15H18N2. The zero-order valence-corrected chi connectivity index (χ0v) is 10.3. The third-order valence-corrected chi connectivity index (χ3v) is 2.71. The van der Waals surface area contributed by atoms with Crippen LogP contribution in [0.2, 0.25) is 0 Å². The lowest BCUT2D eigenvalue weighted by Gasteiger charge is -2.15. The Balaban J connectivity index is 2.06. The first-order valence-corrected chi connectivity index (χ1v) is 5.88. The molecule has 2 heteroatoms. The Hall–Kier alpha value is -1.96. The summed E-state index contributed by atoms with van der Waals surface area (Å²) in [5, 5.41) is 3.36. The molecule has 2 nitrogen and oxygen atoms in total. The zero-order valence-electron chi connectivity index (χ0n) is 10.3. The molecule has 1 aliphatic heterocycles. The molecule has 1 aromatic heterocycles. The van der Waals surface area contributed by atoms with Gasteiger partial charge in [0.05, 0.1) is 6.04 Å². The van der Waals surface area contributed by atoms with Crippen molar-refractivity contribution in [3.63, 3.8) is 0 Å². The molecule has 1 unspecified atom stereocenters. The summed E-state index contributed by atoms with van der Waals surface area (Å²) >= 11 is 0. The van der Waals surface area contributed by atoms with E-state index in [1.165, 1.54) is 11.1 Å². The molecular weight excluding hydrogens is 208 g/mol. The molecule has 0 bridgehead atoms. The Morgan fingerprint density at radius 1 is 1.29 bits per heavy atom. The lowest BCUT2D eigenvalue weighted by atomic mass is 10.1. The van der Waals surface area contributed by atoms with Crippen LogP contribution in [0.15, 0.2) is 54.4 Å². The second kappa shape index (κ2) is 5.39. The SMILES string of the molecule is C/C=C\C=C/c1cc(C2C=CC(C)=CN2)c[nH]1. The molecule has 0 spiro atoms.